The first kappa shape index (κ1) is 24.3. The summed E-state index contributed by atoms with van der Waals surface area (Å²) in [4.78, 5) is 11.2. The van der Waals surface area contributed by atoms with Gasteiger partial charge >= 0.3 is 29.6 Å². The molecule has 2 N–H and O–H groups in total. The fraction of sp³-hybridized carbons (Fsp3) is 0.188. The molecule has 0 fully saturated rings. The second kappa shape index (κ2) is 10.7. The monoisotopic (exact) mass is 443 g/mol. The smallest absolute Gasteiger partial charge is 0.289 e. The number of sulfonamides is 1. The van der Waals surface area contributed by atoms with Gasteiger partial charge in [0.05, 0.1) is 4.90 Å². The van der Waals surface area contributed by atoms with Gasteiger partial charge in [-0.1, -0.05) is 29.3 Å². The SMILES string of the molecule is O=C(CCN(Cc1c(Cl)cccc1Cl)S(=O)(=O)c1ccc(F)cc1)NO.[Na+]. The third-order valence-corrected chi connectivity index (χ3v) is 6.13. The molecule has 0 unspecified atom stereocenters. The number of nitrogens with zero attached hydrogens (tertiary/aromatic N) is 1. The minimum absolute atomic E-state index is 0. The largest absolute Gasteiger partial charge is 1.00 e. The molecule has 0 aromatic heterocycles. The topological polar surface area (TPSA) is 86.7 Å². The van der Waals surface area contributed by atoms with E-state index in [1.54, 1.807) is 18.2 Å². The fourth-order valence-electron chi connectivity index (χ4n) is 2.18. The first-order valence-corrected chi connectivity index (χ1v) is 9.57. The van der Waals surface area contributed by atoms with Gasteiger partial charge in [0, 0.05) is 35.1 Å². The van der Waals surface area contributed by atoms with Gasteiger partial charge < -0.3 is 0 Å². The molecule has 0 bridgehead atoms. The summed E-state index contributed by atoms with van der Waals surface area (Å²) in [5, 5.41) is 9.16. The van der Waals surface area contributed by atoms with Gasteiger partial charge in [-0.15, -0.1) is 0 Å². The van der Waals surface area contributed by atoms with Gasteiger partial charge in [0.2, 0.25) is 15.9 Å². The molecule has 0 atom stereocenters. The van der Waals surface area contributed by atoms with Crippen LogP contribution in [0.15, 0.2) is 47.4 Å². The van der Waals surface area contributed by atoms with Crippen LogP contribution >= 0.6 is 23.2 Å². The number of amides is 1. The summed E-state index contributed by atoms with van der Waals surface area (Å²) in [6.07, 6.45) is -0.293. The van der Waals surface area contributed by atoms with Crippen molar-refractivity contribution in [1.82, 2.24) is 9.79 Å². The van der Waals surface area contributed by atoms with Gasteiger partial charge in [-0.25, -0.2) is 18.3 Å². The van der Waals surface area contributed by atoms with Crippen LogP contribution in [-0.2, 0) is 21.4 Å². The molecule has 0 aliphatic carbocycles. The van der Waals surface area contributed by atoms with Gasteiger partial charge in [-0.3, -0.25) is 10.0 Å². The first-order chi connectivity index (χ1) is 12.3. The minimum Gasteiger partial charge on any atom is -0.289 e. The van der Waals surface area contributed by atoms with E-state index in [0.29, 0.717) is 5.56 Å². The van der Waals surface area contributed by atoms with E-state index < -0.39 is 21.7 Å². The summed E-state index contributed by atoms with van der Waals surface area (Å²) in [5.74, 6) is -1.33. The van der Waals surface area contributed by atoms with E-state index in [-0.39, 0.29) is 64.0 Å². The van der Waals surface area contributed by atoms with Crippen LogP contribution in [-0.4, -0.2) is 30.4 Å². The third kappa shape index (κ3) is 6.40. The van der Waals surface area contributed by atoms with Crippen LogP contribution in [0.4, 0.5) is 4.39 Å². The van der Waals surface area contributed by atoms with Crippen molar-refractivity contribution in [3.05, 3.63) is 63.9 Å². The van der Waals surface area contributed by atoms with Crippen molar-refractivity contribution in [2.75, 3.05) is 6.54 Å². The molecule has 0 saturated heterocycles. The molecular formula is C16H15Cl2FN2NaO4S+. The van der Waals surface area contributed by atoms with Gasteiger partial charge in [0.1, 0.15) is 5.82 Å². The Balaban J connectivity index is 0.00000364. The maximum Gasteiger partial charge on any atom is 1.00 e. The van der Waals surface area contributed by atoms with E-state index >= 15 is 0 Å². The number of benzene rings is 2. The molecule has 1 amide bonds. The third-order valence-electron chi connectivity index (χ3n) is 3.56. The molecular weight excluding hydrogens is 429 g/mol. The van der Waals surface area contributed by atoms with E-state index in [4.69, 9.17) is 28.4 Å². The average Bonchev–Trinajstić information content (AvgIpc) is 2.60. The maximum atomic E-state index is 13.1. The number of carbonyl (C=O) groups excluding carboxylic acids is 1. The second-order valence-electron chi connectivity index (χ2n) is 5.28. The number of hydrogen-bond donors (Lipinski definition) is 2. The van der Waals surface area contributed by atoms with Gasteiger partial charge in [0.15, 0.2) is 0 Å². The van der Waals surface area contributed by atoms with Crippen molar-refractivity contribution in [2.45, 2.75) is 17.9 Å². The Labute approximate surface area is 188 Å². The van der Waals surface area contributed by atoms with E-state index in [1.165, 1.54) is 5.48 Å². The number of nitrogens with one attached hydrogen (secondary N) is 1. The summed E-state index contributed by atoms with van der Waals surface area (Å²) in [7, 11) is -4.07. The molecule has 11 heteroatoms. The molecule has 27 heavy (non-hydrogen) atoms. The zero-order valence-electron chi connectivity index (χ0n) is 14.3. The fourth-order valence-corrected chi connectivity index (χ4v) is 4.11. The molecule has 0 aliphatic rings. The van der Waals surface area contributed by atoms with Gasteiger partial charge in [-0.2, -0.15) is 4.31 Å². The van der Waals surface area contributed by atoms with Crippen molar-refractivity contribution in [3.63, 3.8) is 0 Å². The van der Waals surface area contributed by atoms with Crippen molar-refractivity contribution in [2.24, 2.45) is 0 Å². The Bertz CT molecular complexity index is 878. The summed E-state index contributed by atoms with van der Waals surface area (Å²) >= 11 is 12.2. The summed E-state index contributed by atoms with van der Waals surface area (Å²) in [6, 6.07) is 9.03. The number of rotatable bonds is 7. The van der Waals surface area contributed by atoms with Crippen molar-refractivity contribution < 1.29 is 52.4 Å². The Morgan fingerprint density at radius 3 is 2.19 bits per heavy atom. The van der Waals surface area contributed by atoms with Crippen LogP contribution in [0.5, 0.6) is 0 Å². The van der Waals surface area contributed by atoms with Crippen LogP contribution in [0.1, 0.15) is 12.0 Å². The molecule has 0 spiro atoms. The van der Waals surface area contributed by atoms with E-state index in [1.807, 2.05) is 0 Å². The van der Waals surface area contributed by atoms with Crippen molar-refractivity contribution in [1.29, 1.82) is 0 Å². The number of hydrogen-bond acceptors (Lipinski definition) is 4. The Kier molecular flexibility index (Phi) is 9.67. The number of halogens is 3. The van der Waals surface area contributed by atoms with Crippen LogP contribution in [0.25, 0.3) is 0 Å². The van der Waals surface area contributed by atoms with Crippen LogP contribution in [0.3, 0.4) is 0 Å². The van der Waals surface area contributed by atoms with E-state index in [2.05, 4.69) is 0 Å². The Morgan fingerprint density at radius 1 is 1.11 bits per heavy atom. The molecule has 0 heterocycles. The molecule has 0 aliphatic heterocycles. The standard InChI is InChI=1S/C16H15Cl2FN2O4S.Na/c17-14-2-1-3-15(18)13(14)10-21(9-8-16(22)20-23)26(24,25)12-6-4-11(19)5-7-12;/h1-7,23H,8-10H2,(H,20,22);/q;+1. The molecule has 0 radical (unpaired) electrons. The molecule has 2 aromatic carbocycles. The second-order valence-corrected chi connectivity index (χ2v) is 8.03. The van der Waals surface area contributed by atoms with Crippen molar-refractivity contribution in [3.8, 4) is 0 Å². The molecule has 140 valence electrons. The molecule has 0 saturated carbocycles. The number of hydroxylamine groups is 1. The minimum atomic E-state index is -4.07. The van der Waals surface area contributed by atoms with Crippen LogP contribution < -0.4 is 35.0 Å². The number of carbonyl (C=O) groups is 1. The van der Waals surface area contributed by atoms with E-state index in [9.17, 15) is 17.6 Å². The van der Waals surface area contributed by atoms with E-state index in [0.717, 1.165) is 28.6 Å². The van der Waals surface area contributed by atoms with Crippen LogP contribution in [0.2, 0.25) is 10.0 Å². The normalized spacial score (nSPS) is 11.1. The van der Waals surface area contributed by atoms with Crippen molar-refractivity contribution >= 4 is 39.1 Å². The predicted octanol–water partition coefficient (Wildman–Crippen LogP) is 0.223. The zero-order valence-corrected chi connectivity index (χ0v) is 18.7. The first-order valence-electron chi connectivity index (χ1n) is 7.37. The molecule has 2 aromatic rings. The summed E-state index contributed by atoms with van der Waals surface area (Å²) in [5.41, 5.74) is 1.81. The zero-order chi connectivity index (χ0) is 19.3. The quantitative estimate of drug-likeness (QED) is 0.364. The molecule has 6 nitrogen and oxygen atoms in total. The van der Waals surface area contributed by atoms with Gasteiger partial charge in [-0.05, 0) is 36.4 Å². The maximum absolute atomic E-state index is 13.1. The summed E-state index contributed by atoms with van der Waals surface area (Å²) in [6.45, 7) is -0.440. The molecule has 2 rings (SSSR count). The summed E-state index contributed by atoms with van der Waals surface area (Å²) < 4.78 is 39.9. The Hall–Kier alpha value is -0.710. The average molecular weight is 444 g/mol. The Morgan fingerprint density at radius 2 is 1.67 bits per heavy atom. The van der Waals surface area contributed by atoms with Gasteiger partial charge in [0.25, 0.3) is 0 Å². The predicted molar refractivity (Wildman–Crippen MR) is 95.0 cm³/mol. The van der Waals surface area contributed by atoms with Crippen LogP contribution in [0, 0.1) is 5.82 Å².